The first-order valence-corrected chi connectivity index (χ1v) is 8.46. The van der Waals surface area contributed by atoms with Crippen LogP contribution in [0.4, 0.5) is 0 Å². The maximum absolute atomic E-state index is 6.33. The number of likely N-dealkylation sites (N-methyl/N-ethyl adjacent to an activating group) is 1. The van der Waals surface area contributed by atoms with E-state index < -0.39 is 0 Å². The van der Waals surface area contributed by atoms with Gasteiger partial charge < -0.3 is 10.6 Å². The van der Waals surface area contributed by atoms with Crippen LogP contribution in [0.1, 0.15) is 37.3 Å². The van der Waals surface area contributed by atoms with Crippen molar-refractivity contribution in [2.24, 2.45) is 5.73 Å². The molecule has 3 nitrogen and oxygen atoms in total. The van der Waals surface area contributed by atoms with Crippen LogP contribution in [0.5, 0.6) is 0 Å². The van der Waals surface area contributed by atoms with E-state index in [1.807, 2.05) is 18.2 Å². The van der Waals surface area contributed by atoms with Gasteiger partial charge in [0, 0.05) is 36.2 Å². The molecule has 2 heterocycles. The van der Waals surface area contributed by atoms with Gasteiger partial charge in [-0.05, 0) is 57.0 Å². The number of benzene rings is 1. The van der Waals surface area contributed by atoms with E-state index in [1.54, 1.807) is 0 Å². The van der Waals surface area contributed by atoms with Crippen LogP contribution in [0.25, 0.3) is 0 Å². The van der Waals surface area contributed by atoms with E-state index in [2.05, 4.69) is 22.9 Å². The van der Waals surface area contributed by atoms with Crippen LogP contribution >= 0.6 is 11.6 Å². The highest BCUT2D eigenvalue weighted by Crippen LogP contribution is 2.29. The lowest BCUT2D eigenvalue weighted by molar-refractivity contribution is 0.215. The first kappa shape index (κ1) is 15.3. The van der Waals surface area contributed by atoms with Gasteiger partial charge in [0.05, 0.1) is 0 Å². The number of rotatable bonds is 4. The van der Waals surface area contributed by atoms with Crippen molar-refractivity contribution in [3.63, 3.8) is 0 Å². The molecule has 2 aliphatic rings. The standard InChI is InChI=1S/C17H26ClN3/c1-20-15-5-6-16(20)12-21(9-7-15)10-8-17(19)13-3-2-4-14(18)11-13/h2-4,11,15-17H,5-10,12,19H2,1H3. The molecular formula is C17H26ClN3. The molecule has 0 amide bonds. The Kier molecular flexibility index (Phi) is 4.85. The summed E-state index contributed by atoms with van der Waals surface area (Å²) in [5, 5.41) is 0.775. The third kappa shape index (κ3) is 3.59. The van der Waals surface area contributed by atoms with Crippen LogP contribution in [-0.2, 0) is 0 Å². The van der Waals surface area contributed by atoms with E-state index in [1.165, 1.54) is 32.4 Å². The molecule has 2 bridgehead atoms. The summed E-state index contributed by atoms with van der Waals surface area (Å²) in [4.78, 5) is 5.20. The van der Waals surface area contributed by atoms with Crippen LogP contribution in [0, 0.1) is 0 Å². The Morgan fingerprint density at radius 2 is 2.10 bits per heavy atom. The molecule has 3 unspecified atom stereocenters. The molecule has 1 aromatic rings. The Morgan fingerprint density at radius 3 is 2.90 bits per heavy atom. The van der Waals surface area contributed by atoms with Gasteiger partial charge in [0.1, 0.15) is 0 Å². The minimum atomic E-state index is 0.0851. The summed E-state index contributed by atoms with van der Waals surface area (Å²) in [6.07, 6.45) is 5.05. The zero-order valence-corrected chi connectivity index (χ0v) is 13.6. The Labute approximate surface area is 133 Å². The van der Waals surface area contributed by atoms with Gasteiger partial charge in [0.15, 0.2) is 0 Å². The van der Waals surface area contributed by atoms with Gasteiger partial charge in [-0.1, -0.05) is 23.7 Å². The Balaban J connectivity index is 1.53. The van der Waals surface area contributed by atoms with Crippen molar-refractivity contribution < 1.29 is 0 Å². The fourth-order valence-electron chi connectivity index (χ4n) is 3.81. The monoisotopic (exact) mass is 307 g/mol. The molecule has 2 aliphatic heterocycles. The van der Waals surface area contributed by atoms with E-state index >= 15 is 0 Å². The van der Waals surface area contributed by atoms with Gasteiger partial charge in [-0.3, -0.25) is 4.90 Å². The van der Waals surface area contributed by atoms with Crippen LogP contribution in [0.2, 0.25) is 5.02 Å². The molecule has 2 saturated heterocycles. The molecule has 0 aliphatic carbocycles. The fourth-order valence-corrected chi connectivity index (χ4v) is 4.01. The number of halogens is 1. The highest BCUT2D eigenvalue weighted by atomic mass is 35.5. The SMILES string of the molecule is CN1C2CCC1CN(CCC(N)c1cccc(Cl)c1)CC2. The number of likely N-dealkylation sites (tertiary alicyclic amines) is 1. The normalized spacial score (nSPS) is 28.5. The van der Waals surface area contributed by atoms with E-state index in [4.69, 9.17) is 17.3 Å². The molecule has 2 N–H and O–H groups in total. The van der Waals surface area contributed by atoms with Gasteiger partial charge in [-0.15, -0.1) is 0 Å². The lowest BCUT2D eigenvalue weighted by Crippen LogP contribution is -2.37. The number of fused-ring (bicyclic) bond motifs is 2. The van der Waals surface area contributed by atoms with Gasteiger partial charge >= 0.3 is 0 Å². The third-order valence-corrected chi connectivity index (χ3v) is 5.50. The van der Waals surface area contributed by atoms with Gasteiger partial charge in [0.25, 0.3) is 0 Å². The van der Waals surface area contributed by atoms with E-state index in [0.29, 0.717) is 0 Å². The smallest absolute Gasteiger partial charge is 0.0409 e. The van der Waals surface area contributed by atoms with Crippen molar-refractivity contribution in [3.8, 4) is 0 Å². The molecule has 0 aromatic heterocycles. The molecular weight excluding hydrogens is 282 g/mol. The fraction of sp³-hybridized carbons (Fsp3) is 0.647. The van der Waals surface area contributed by atoms with Crippen LogP contribution < -0.4 is 5.73 Å². The molecule has 0 saturated carbocycles. The maximum atomic E-state index is 6.33. The summed E-state index contributed by atoms with van der Waals surface area (Å²) in [7, 11) is 2.30. The second kappa shape index (κ2) is 6.66. The Bertz CT molecular complexity index is 479. The number of nitrogens with zero attached hydrogens (tertiary/aromatic N) is 2. The summed E-state index contributed by atoms with van der Waals surface area (Å²) in [6, 6.07) is 9.60. The molecule has 21 heavy (non-hydrogen) atoms. The summed E-state index contributed by atoms with van der Waals surface area (Å²) in [5.74, 6) is 0. The molecule has 116 valence electrons. The van der Waals surface area contributed by atoms with Gasteiger partial charge in [0.2, 0.25) is 0 Å². The topological polar surface area (TPSA) is 32.5 Å². The van der Waals surface area contributed by atoms with Crippen molar-refractivity contribution >= 4 is 11.6 Å². The molecule has 3 atom stereocenters. The second-order valence-electron chi connectivity index (χ2n) is 6.59. The largest absolute Gasteiger partial charge is 0.324 e. The molecule has 1 aromatic carbocycles. The zero-order valence-electron chi connectivity index (χ0n) is 12.8. The quantitative estimate of drug-likeness (QED) is 0.928. The second-order valence-corrected chi connectivity index (χ2v) is 7.03. The zero-order chi connectivity index (χ0) is 14.8. The Morgan fingerprint density at radius 1 is 1.29 bits per heavy atom. The minimum absolute atomic E-state index is 0.0851. The van der Waals surface area contributed by atoms with E-state index in [9.17, 15) is 0 Å². The van der Waals surface area contributed by atoms with Crippen molar-refractivity contribution in [1.29, 1.82) is 0 Å². The lowest BCUT2D eigenvalue weighted by atomic mass is 10.0. The molecule has 3 rings (SSSR count). The average molecular weight is 308 g/mol. The highest BCUT2D eigenvalue weighted by molar-refractivity contribution is 6.30. The number of hydrogen-bond acceptors (Lipinski definition) is 3. The van der Waals surface area contributed by atoms with Crippen LogP contribution in [0.3, 0.4) is 0 Å². The molecule has 0 radical (unpaired) electrons. The summed E-state index contributed by atoms with van der Waals surface area (Å²) >= 11 is 6.05. The first-order chi connectivity index (χ1) is 10.1. The van der Waals surface area contributed by atoms with E-state index in [-0.39, 0.29) is 6.04 Å². The first-order valence-electron chi connectivity index (χ1n) is 8.09. The number of nitrogens with two attached hydrogens (primary N) is 1. The number of hydrogen-bond donors (Lipinski definition) is 1. The van der Waals surface area contributed by atoms with Gasteiger partial charge in [-0.2, -0.15) is 0 Å². The van der Waals surface area contributed by atoms with Crippen molar-refractivity contribution in [3.05, 3.63) is 34.9 Å². The lowest BCUT2D eigenvalue weighted by Gasteiger charge is -2.26. The van der Waals surface area contributed by atoms with Crippen molar-refractivity contribution in [2.75, 3.05) is 26.7 Å². The average Bonchev–Trinajstić information content (AvgIpc) is 2.71. The highest BCUT2D eigenvalue weighted by Gasteiger charge is 2.34. The maximum Gasteiger partial charge on any atom is 0.0409 e. The molecule has 4 heteroatoms. The van der Waals surface area contributed by atoms with Crippen LogP contribution in [0.15, 0.2) is 24.3 Å². The summed E-state index contributed by atoms with van der Waals surface area (Å²) in [6.45, 7) is 3.51. The molecule has 2 fully saturated rings. The van der Waals surface area contributed by atoms with Crippen molar-refractivity contribution in [2.45, 2.75) is 43.8 Å². The van der Waals surface area contributed by atoms with Crippen LogP contribution in [-0.4, -0.2) is 48.6 Å². The predicted octanol–water partition coefficient (Wildman–Crippen LogP) is 2.90. The predicted molar refractivity (Wildman–Crippen MR) is 88.6 cm³/mol. The third-order valence-electron chi connectivity index (χ3n) is 5.27. The van der Waals surface area contributed by atoms with E-state index in [0.717, 1.165) is 35.6 Å². The van der Waals surface area contributed by atoms with Gasteiger partial charge in [-0.25, -0.2) is 0 Å². The minimum Gasteiger partial charge on any atom is -0.324 e. The summed E-state index contributed by atoms with van der Waals surface area (Å²) < 4.78 is 0. The van der Waals surface area contributed by atoms with Crippen molar-refractivity contribution in [1.82, 2.24) is 9.80 Å². The summed E-state index contributed by atoms with van der Waals surface area (Å²) in [5.41, 5.74) is 7.48. The Hall–Kier alpha value is -0.610. The molecule has 0 spiro atoms.